The lowest BCUT2D eigenvalue weighted by Crippen LogP contribution is -2.21. The topological polar surface area (TPSA) is 0 Å². The summed E-state index contributed by atoms with van der Waals surface area (Å²) in [4.78, 5) is 0. The van der Waals surface area contributed by atoms with Crippen molar-refractivity contribution in [1.29, 1.82) is 0 Å². The fourth-order valence-electron chi connectivity index (χ4n) is 2.41. The van der Waals surface area contributed by atoms with E-state index in [0.29, 0.717) is 5.41 Å². The second kappa shape index (κ2) is 6.45. The molecule has 0 heteroatoms. The largest absolute Gasteiger partial charge is 0.0654 e. The first-order valence-electron chi connectivity index (χ1n) is 6.10. The van der Waals surface area contributed by atoms with Gasteiger partial charge in [0.05, 0.1) is 0 Å². The molecule has 0 radical (unpaired) electrons. The summed E-state index contributed by atoms with van der Waals surface area (Å²) in [5.74, 6) is 0.858. The van der Waals surface area contributed by atoms with Crippen LogP contribution in [-0.2, 0) is 0 Å². The first kappa shape index (κ1) is 13.0. The molecule has 0 bridgehead atoms. The van der Waals surface area contributed by atoms with E-state index in [9.17, 15) is 0 Å². The van der Waals surface area contributed by atoms with Gasteiger partial charge in [-0.05, 0) is 24.2 Å². The molecule has 13 heavy (non-hydrogen) atoms. The summed E-state index contributed by atoms with van der Waals surface area (Å²) in [6.45, 7) is 11.7. The Hall–Kier alpha value is 0. The second-order valence-electron chi connectivity index (χ2n) is 4.91. The summed E-state index contributed by atoms with van der Waals surface area (Å²) in [7, 11) is 0. The fourth-order valence-corrected chi connectivity index (χ4v) is 2.41. The van der Waals surface area contributed by atoms with Crippen LogP contribution in [-0.4, -0.2) is 0 Å². The van der Waals surface area contributed by atoms with E-state index in [-0.39, 0.29) is 0 Å². The van der Waals surface area contributed by atoms with Gasteiger partial charge in [-0.15, -0.1) is 0 Å². The molecule has 0 fully saturated rings. The number of rotatable bonds is 7. The molecule has 0 aromatic rings. The van der Waals surface area contributed by atoms with E-state index in [0.717, 1.165) is 5.92 Å². The molecule has 0 amide bonds. The smallest absolute Gasteiger partial charge is 0.0300 e. The van der Waals surface area contributed by atoms with Crippen LogP contribution in [0.1, 0.15) is 73.1 Å². The Morgan fingerprint density at radius 3 is 1.85 bits per heavy atom. The number of unbranched alkanes of at least 4 members (excludes halogenated alkanes) is 1. The highest BCUT2D eigenvalue weighted by molar-refractivity contribution is 4.77. The summed E-state index contributed by atoms with van der Waals surface area (Å²) in [6.07, 6.45) is 8.34. The van der Waals surface area contributed by atoms with Gasteiger partial charge in [0.15, 0.2) is 0 Å². The van der Waals surface area contributed by atoms with Crippen LogP contribution in [0.25, 0.3) is 0 Å². The first-order chi connectivity index (χ1) is 6.10. The molecule has 0 saturated heterocycles. The molecule has 0 aliphatic rings. The van der Waals surface area contributed by atoms with Crippen molar-refractivity contribution in [2.24, 2.45) is 11.3 Å². The van der Waals surface area contributed by atoms with Crippen LogP contribution in [0.5, 0.6) is 0 Å². The predicted octanol–water partition coefficient (Wildman–Crippen LogP) is 5.03. The summed E-state index contributed by atoms with van der Waals surface area (Å²) < 4.78 is 0. The van der Waals surface area contributed by atoms with Gasteiger partial charge in [0.25, 0.3) is 0 Å². The average Bonchev–Trinajstić information content (AvgIpc) is 2.12. The molecule has 0 atom stereocenters. The summed E-state index contributed by atoms with van der Waals surface area (Å²) >= 11 is 0. The Kier molecular flexibility index (Phi) is 6.45. The molecular formula is C13H28. The summed E-state index contributed by atoms with van der Waals surface area (Å²) in [5, 5.41) is 0. The van der Waals surface area contributed by atoms with Crippen molar-refractivity contribution >= 4 is 0 Å². The van der Waals surface area contributed by atoms with E-state index >= 15 is 0 Å². The Morgan fingerprint density at radius 1 is 1.00 bits per heavy atom. The van der Waals surface area contributed by atoms with Crippen LogP contribution in [0.2, 0.25) is 0 Å². The van der Waals surface area contributed by atoms with Crippen molar-refractivity contribution < 1.29 is 0 Å². The van der Waals surface area contributed by atoms with Gasteiger partial charge in [-0.1, -0.05) is 60.3 Å². The molecule has 0 aromatic carbocycles. The monoisotopic (exact) mass is 184 g/mol. The lowest BCUT2D eigenvalue weighted by Gasteiger charge is -2.33. The normalized spacial score (nSPS) is 12.5. The van der Waals surface area contributed by atoms with E-state index < -0.39 is 0 Å². The van der Waals surface area contributed by atoms with Crippen LogP contribution in [0, 0.1) is 11.3 Å². The van der Waals surface area contributed by atoms with Crippen molar-refractivity contribution in [3.05, 3.63) is 0 Å². The highest BCUT2D eigenvalue weighted by Gasteiger charge is 2.25. The minimum Gasteiger partial charge on any atom is -0.0654 e. The third-order valence-corrected chi connectivity index (χ3v) is 3.40. The van der Waals surface area contributed by atoms with Gasteiger partial charge in [-0.3, -0.25) is 0 Å². The Labute approximate surface area is 85.1 Å². The zero-order chi connectivity index (χ0) is 10.3. The minimum absolute atomic E-state index is 0.657. The minimum atomic E-state index is 0.657. The van der Waals surface area contributed by atoms with Crippen LogP contribution in [0.4, 0.5) is 0 Å². The van der Waals surface area contributed by atoms with Gasteiger partial charge in [0, 0.05) is 0 Å². The van der Waals surface area contributed by atoms with Crippen molar-refractivity contribution in [2.75, 3.05) is 0 Å². The molecule has 0 aromatic heterocycles. The molecule has 0 nitrogen and oxygen atoms in total. The van der Waals surface area contributed by atoms with E-state index in [4.69, 9.17) is 0 Å². The maximum Gasteiger partial charge on any atom is -0.0300 e. The lowest BCUT2D eigenvalue weighted by atomic mass is 9.72. The second-order valence-corrected chi connectivity index (χ2v) is 4.91. The number of hydrogen-bond acceptors (Lipinski definition) is 0. The van der Waals surface area contributed by atoms with Crippen LogP contribution < -0.4 is 0 Å². The molecule has 0 rings (SSSR count). The Balaban J connectivity index is 4.13. The lowest BCUT2D eigenvalue weighted by molar-refractivity contribution is 0.184. The molecule has 0 saturated carbocycles. The molecule has 0 unspecified atom stereocenters. The van der Waals surface area contributed by atoms with Crippen LogP contribution in [0.3, 0.4) is 0 Å². The molecule has 0 heterocycles. The zero-order valence-electron chi connectivity index (χ0n) is 10.3. The molecule has 80 valence electrons. The van der Waals surface area contributed by atoms with Gasteiger partial charge < -0.3 is 0 Å². The number of hydrogen-bond donors (Lipinski definition) is 0. The first-order valence-corrected chi connectivity index (χ1v) is 6.10. The van der Waals surface area contributed by atoms with E-state index in [1.165, 1.54) is 38.5 Å². The molecule has 0 N–H and O–H groups in total. The zero-order valence-corrected chi connectivity index (χ0v) is 10.3. The van der Waals surface area contributed by atoms with Crippen molar-refractivity contribution in [3.8, 4) is 0 Å². The SMILES string of the molecule is CCCCC(CC)(CC)CC(C)C. The van der Waals surface area contributed by atoms with Crippen molar-refractivity contribution in [3.63, 3.8) is 0 Å². The highest BCUT2D eigenvalue weighted by Crippen LogP contribution is 2.38. The average molecular weight is 184 g/mol. The van der Waals surface area contributed by atoms with Crippen molar-refractivity contribution in [2.45, 2.75) is 73.1 Å². The molecule has 0 aliphatic carbocycles. The quantitative estimate of drug-likeness (QED) is 0.520. The third kappa shape index (κ3) is 4.69. The van der Waals surface area contributed by atoms with E-state index in [2.05, 4.69) is 34.6 Å². The van der Waals surface area contributed by atoms with Gasteiger partial charge in [0.1, 0.15) is 0 Å². The standard InChI is InChI=1S/C13H28/c1-6-9-10-13(7-2,8-3)11-12(4)5/h12H,6-11H2,1-5H3. The third-order valence-electron chi connectivity index (χ3n) is 3.40. The molecular weight excluding hydrogens is 156 g/mol. The maximum absolute atomic E-state index is 2.36. The summed E-state index contributed by atoms with van der Waals surface area (Å²) in [5.41, 5.74) is 0.657. The van der Waals surface area contributed by atoms with Crippen LogP contribution in [0.15, 0.2) is 0 Å². The van der Waals surface area contributed by atoms with Crippen LogP contribution >= 0.6 is 0 Å². The van der Waals surface area contributed by atoms with E-state index in [1.54, 1.807) is 0 Å². The maximum atomic E-state index is 2.36. The van der Waals surface area contributed by atoms with E-state index in [1.807, 2.05) is 0 Å². The van der Waals surface area contributed by atoms with Gasteiger partial charge in [-0.2, -0.15) is 0 Å². The van der Waals surface area contributed by atoms with Gasteiger partial charge in [0.2, 0.25) is 0 Å². The summed E-state index contributed by atoms with van der Waals surface area (Å²) in [6, 6.07) is 0. The highest BCUT2D eigenvalue weighted by atomic mass is 14.3. The van der Waals surface area contributed by atoms with Gasteiger partial charge in [-0.25, -0.2) is 0 Å². The Bertz CT molecular complexity index is 109. The molecule has 0 spiro atoms. The fraction of sp³-hybridized carbons (Fsp3) is 1.00. The van der Waals surface area contributed by atoms with Crippen molar-refractivity contribution in [1.82, 2.24) is 0 Å². The Morgan fingerprint density at radius 2 is 1.54 bits per heavy atom. The van der Waals surface area contributed by atoms with Gasteiger partial charge >= 0.3 is 0 Å². The predicted molar refractivity (Wildman–Crippen MR) is 62.0 cm³/mol. The molecule has 0 aliphatic heterocycles.